The number of hydrogen-bond acceptors (Lipinski definition) is 3. The fourth-order valence-electron chi connectivity index (χ4n) is 1.71. The van der Waals surface area contributed by atoms with Gasteiger partial charge in [0.05, 0.1) is 5.69 Å². The molecule has 5 nitrogen and oxygen atoms in total. The molecule has 0 spiro atoms. The molecule has 0 aliphatic carbocycles. The summed E-state index contributed by atoms with van der Waals surface area (Å²) in [5.41, 5.74) is 1.24. The fraction of sp³-hybridized carbons (Fsp3) is 0.429. The molecule has 0 unspecified atom stereocenters. The van der Waals surface area contributed by atoms with Gasteiger partial charge in [-0.1, -0.05) is 19.9 Å². The molecule has 0 saturated carbocycles. The van der Waals surface area contributed by atoms with E-state index in [0.717, 1.165) is 5.56 Å². The molecule has 1 aromatic carbocycles. The maximum Gasteiger partial charge on any atom is 0.247 e. The number of phenolic OH excluding ortho intramolecular Hbond substituents is 1. The molecule has 0 saturated heterocycles. The van der Waals surface area contributed by atoms with Gasteiger partial charge in [-0.3, -0.25) is 9.59 Å². The third kappa shape index (κ3) is 4.28. The minimum Gasteiger partial charge on any atom is -0.506 e. The lowest BCUT2D eigenvalue weighted by molar-refractivity contribution is -0.126. The zero-order chi connectivity index (χ0) is 14.6. The lowest BCUT2D eigenvalue weighted by Crippen LogP contribution is -2.46. The van der Waals surface area contributed by atoms with Gasteiger partial charge in [-0.2, -0.15) is 0 Å². The van der Waals surface area contributed by atoms with Crippen LogP contribution >= 0.6 is 0 Å². The summed E-state index contributed by atoms with van der Waals surface area (Å²) in [6.45, 7) is 6.90. The molecule has 1 aromatic rings. The van der Waals surface area contributed by atoms with Gasteiger partial charge in [-0.15, -0.1) is 0 Å². The number of aromatic hydroxyl groups is 1. The van der Waals surface area contributed by atoms with Crippen LogP contribution in [-0.4, -0.2) is 23.0 Å². The van der Waals surface area contributed by atoms with Gasteiger partial charge >= 0.3 is 0 Å². The first-order chi connectivity index (χ1) is 8.81. The molecule has 0 fully saturated rings. The van der Waals surface area contributed by atoms with Crippen molar-refractivity contribution in [3.8, 4) is 5.75 Å². The van der Waals surface area contributed by atoms with Crippen LogP contribution in [0.2, 0.25) is 0 Å². The van der Waals surface area contributed by atoms with Crippen LogP contribution in [0, 0.1) is 12.8 Å². The normalized spacial score (nSPS) is 12.1. The minimum absolute atomic E-state index is 0.0127. The van der Waals surface area contributed by atoms with Gasteiger partial charge < -0.3 is 15.7 Å². The quantitative estimate of drug-likeness (QED) is 0.726. The van der Waals surface area contributed by atoms with Crippen molar-refractivity contribution in [2.24, 2.45) is 5.92 Å². The second-order valence-electron chi connectivity index (χ2n) is 4.93. The summed E-state index contributed by atoms with van der Waals surface area (Å²) >= 11 is 0. The van der Waals surface area contributed by atoms with Crippen molar-refractivity contribution in [2.45, 2.75) is 33.7 Å². The number of carbonyl (C=O) groups excluding carboxylic acids is 2. The Morgan fingerprint density at radius 1 is 1.26 bits per heavy atom. The number of phenols is 1. The predicted molar refractivity (Wildman–Crippen MR) is 73.9 cm³/mol. The van der Waals surface area contributed by atoms with Gasteiger partial charge in [-0.25, -0.2) is 0 Å². The molecule has 3 N–H and O–H groups in total. The first-order valence-corrected chi connectivity index (χ1v) is 6.19. The monoisotopic (exact) mass is 264 g/mol. The van der Waals surface area contributed by atoms with Crippen LogP contribution in [0.1, 0.15) is 26.3 Å². The van der Waals surface area contributed by atoms with Crippen LogP contribution in [0.5, 0.6) is 5.75 Å². The first kappa shape index (κ1) is 15.0. The molecule has 0 aromatic heterocycles. The van der Waals surface area contributed by atoms with Crippen molar-refractivity contribution >= 4 is 17.5 Å². The number of hydrogen-bond donors (Lipinski definition) is 3. The summed E-state index contributed by atoms with van der Waals surface area (Å²) in [7, 11) is 0. The molecule has 0 aliphatic rings. The molecule has 2 amide bonds. The van der Waals surface area contributed by atoms with E-state index in [2.05, 4.69) is 10.6 Å². The molecule has 5 heteroatoms. The molecule has 1 rings (SSSR count). The van der Waals surface area contributed by atoms with E-state index in [4.69, 9.17) is 0 Å². The highest BCUT2D eigenvalue weighted by atomic mass is 16.3. The summed E-state index contributed by atoms with van der Waals surface area (Å²) in [5, 5.41) is 15.0. The number of anilines is 1. The summed E-state index contributed by atoms with van der Waals surface area (Å²) in [4.78, 5) is 23.2. The maximum absolute atomic E-state index is 12.1. The molecular formula is C14H20N2O3. The van der Waals surface area contributed by atoms with Crippen LogP contribution in [0.4, 0.5) is 5.69 Å². The third-order valence-corrected chi connectivity index (χ3v) is 2.72. The number of carbonyl (C=O) groups is 2. The van der Waals surface area contributed by atoms with Crippen LogP contribution in [0.15, 0.2) is 18.2 Å². The Morgan fingerprint density at radius 3 is 2.37 bits per heavy atom. The highest BCUT2D eigenvalue weighted by molar-refractivity contribution is 5.98. The van der Waals surface area contributed by atoms with Crippen LogP contribution in [0.3, 0.4) is 0 Å². The van der Waals surface area contributed by atoms with Crippen molar-refractivity contribution in [1.29, 1.82) is 0 Å². The highest BCUT2D eigenvalue weighted by Gasteiger charge is 2.23. The Balaban J connectivity index is 2.84. The van der Waals surface area contributed by atoms with E-state index in [0.29, 0.717) is 5.69 Å². The van der Waals surface area contributed by atoms with E-state index in [-0.39, 0.29) is 23.5 Å². The Hall–Kier alpha value is -2.04. The van der Waals surface area contributed by atoms with Gasteiger partial charge in [0.15, 0.2) is 0 Å². The third-order valence-electron chi connectivity index (χ3n) is 2.72. The van der Waals surface area contributed by atoms with E-state index in [1.807, 2.05) is 20.8 Å². The smallest absolute Gasteiger partial charge is 0.247 e. The molecule has 19 heavy (non-hydrogen) atoms. The van der Waals surface area contributed by atoms with E-state index in [1.54, 1.807) is 18.2 Å². The number of benzene rings is 1. The largest absolute Gasteiger partial charge is 0.506 e. The zero-order valence-corrected chi connectivity index (χ0v) is 11.7. The predicted octanol–water partition coefficient (Wildman–Crippen LogP) is 1.80. The number of rotatable bonds is 4. The van der Waals surface area contributed by atoms with Crippen molar-refractivity contribution < 1.29 is 14.7 Å². The zero-order valence-electron chi connectivity index (χ0n) is 11.7. The van der Waals surface area contributed by atoms with E-state index >= 15 is 0 Å². The SMILES string of the molecule is CC(=O)N[C@@H](C(=O)Nc1ccc(C)cc1O)C(C)C. The Kier molecular flexibility index (Phi) is 4.92. The van der Waals surface area contributed by atoms with Crippen molar-refractivity contribution in [1.82, 2.24) is 5.32 Å². The van der Waals surface area contributed by atoms with Gasteiger partial charge in [0.1, 0.15) is 11.8 Å². The summed E-state index contributed by atoms with van der Waals surface area (Å²) in [5.74, 6) is -0.637. The first-order valence-electron chi connectivity index (χ1n) is 6.19. The summed E-state index contributed by atoms with van der Waals surface area (Å²) in [6.07, 6.45) is 0. The standard InChI is InChI=1S/C14H20N2O3/c1-8(2)13(15-10(4)17)14(19)16-11-6-5-9(3)7-12(11)18/h5-8,13,18H,1-4H3,(H,15,17)(H,16,19)/t13-/m1/s1. The lowest BCUT2D eigenvalue weighted by atomic mass is 10.0. The molecular weight excluding hydrogens is 244 g/mol. The molecule has 104 valence electrons. The van der Waals surface area contributed by atoms with Crippen molar-refractivity contribution in [3.63, 3.8) is 0 Å². The minimum atomic E-state index is -0.627. The second kappa shape index (κ2) is 6.22. The molecule has 0 heterocycles. The Labute approximate surface area is 113 Å². The van der Waals surface area contributed by atoms with Crippen molar-refractivity contribution in [3.05, 3.63) is 23.8 Å². The molecule has 0 bridgehead atoms. The molecule has 0 radical (unpaired) electrons. The number of amides is 2. The van der Waals surface area contributed by atoms with Crippen LogP contribution < -0.4 is 10.6 Å². The lowest BCUT2D eigenvalue weighted by Gasteiger charge is -2.21. The number of aryl methyl sites for hydroxylation is 1. The van der Waals surface area contributed by atoms with Crippen LogP contribution in [-0.2, 0) is 9.59 Å². The second-order valence-corrected chi connectivity index (χ2v) is 4.93. The average molecular weight is 264 g/mol. The maximum atomic E-state index is 12.1. The Morgan fingerprint density at radius 2 is 1.89 bits per heavy atom. The van der Waals surface area contributed by atoms with E-state index in [1.165, 1.54) is 6.92 Å². The highest BCUT2D eigenvalue weighted by Crippen LogP contribution is 2.24. The van der Waals surface area contributed by atoms with Gasteiger partial charge in [0, 0.05) is 6.92 Å². The molecule has 0 aliphatic heterocycles. The average Bonchev–Trinajstić information content (AvgIpc) is 2.29. The number of nitrogens with one attached hydrogen (secondary N) is 2. The van der Waals surface area contributed by atoms with Gasteiger partial charge in [-0.05, 0) is 30.5 Å². The van der Waals surface area contributed by atoms with E-state index in [9.17, 15) is 14.7 Å². The summed E-state index contributed by atoms with van der Waals surface area (Å²) in [6, 6.07) is 4.36. The summed E-state index contributed by atoms with van der Waals surface area (Å²) < 4.78 is 0. The van der Waals surface area contributed by atoms with Crippen molar-refractivity contribution in [2.75, 3.05) is 5.32 Å². The van der Waals surface area contributed by atoms with E-state index < -0.39 is 6.04 Å². The Bertz CT molecular complexity index is 484. The van der Waals surface area contributed by atoms with Gasteiger partial charge in [0.2, 0.25) is 11.8 Å². The topological polar surface area (TPSA) is 78.4 Å². The van der Waals surface area contributed by atoms with Gasteiger partial charge in [0.25, 0.3) is 0 Å². The van der Waals surface area contributed by atoms with Crippen LogP contribution in [0.25, 0.3) is 0 Å². The fourth-order valence-corrected chi connectivity index (χ4v) is 1.71. The molecule has 1 atom stereocenters.